The second-order valence-corrected chi connectivity index (χ2v) is 4.33. The van der Waals surface area contributed by atoms with Crippen LogP contribution in [0.15, 0.2) is 0 Å². The summed E-state index contributed by atoms with van der Waals surface area (Å²) >= 11 is 0. The Bertz CT molecular complexity index is 293. The molecule has 7 nitrogen and oxygen atoms in total. The minimum Gasteiger partial charge on any atom is -0.479 e. The van der Waals surface area contributed by atoms with Crippen LogP contribution in [0.5, 0.6) is 0 Å². The Hall–Kier alpha value is -1.18. The molecule has 0 aliphatic carbocycles. The number of aliphatic hydroxyl groups excluding tert-OH is 3. The fourth-order valence-corrected chi connectivity index (χ4v) is 1.01. The van der Waals surface area contributed by atoms with Crippen LogP contribution in [0.3, 0.4) is 0 Å². The number of amides is 1. The number of rotatable bonds is 6. The third-order valence-corrected chi connectivity index (χ3v) is 2.71. The molecule has 0 aliphatic heterocycles. The van der Waals surface area contributed by atoms with Gasteiger partial charge >= 0.3 is 5.97 Å². The van der Waals surface area contributed by atoms with Crippen LogP contribution in [-0.4, -0.2) is 56.7 Å². The monoisotopic (exact) mass is 249 g/mol. The third-order valence-electron chi connectivity index (χ3n) is 2.71. The molecule has 3 unspecified atom stereocenters. The molecule has 0 aliphatic rings. The normalized spacial score (nSPS) is 19.9. The Kier molecular flexibility index (Phi) is 5.53. The molecule has 0 rings (SSSR count). The van der Waals surface area contributed by atoms with Crippen LogP contribution in [0.4, 0.5) is 0 Å². The van der Waals surface area contributed by atoms with Crippen LogP contribution in [-0.2, 0) is 9.59 Å². The highest BCUT2D eigenvalue weighted by Gasteiger charge is 2.37. The van der Waals surface area contributed by atoms with Crippen LogP contribution < -0.4 is 5.32 Å². The van der Waals surface area contributed by atoms with Crippen molar-refractivity contribution in [2.45, 2.75) is 38.5 Å². The van der Waals surface area contributed by atoms with E-state index in [0.717, 1.165) is 6.92 Å². The third kappa shape index (κ3) is 3.95. The van der Waals surface area contributed by atoms with Gasteiger partial charge in [-0.15, -0.1) is 0 Å². The lowest BCUT2D eigenvalue weighted by Crippen LogP contribution is -2.58. The minimum absolute atomic E-state index is 0.744. The molecule has 0 radical (unpaired) electrons. The number of aliphatic hydroxyl groups is 3. The first-order chi connectivity index (χ1) is 7.65. The van der Waals surface area contributed by atoms with Gasteiger partial charge in [0.05, 0.1) is 12.7 Å². The second-order valence-electron chi connectivity index (χ2n) is 4.33. The van der Waals surface area contributed by atoms with Crippen LogP contribution in [0.25, 0.3) is 0 Å². The van der Waals surface area contributed by atoms with Gasteiger partial charge < -0.3 is 25.7 Å². The first kappa shape index (κ1) is 15.8. The smallest absolute Gasteiger partial charge is 0.331 e. The lowest BCUT2D eigenvalue weighted by molar-refractivity contribution is -0.151. The van der Waals surface area contributed by atoms with E-state index in [1.165, 1.54) is 13.8 Å². The number of hydrogen-bond donors (Lipinski definition) is 5. The molecule has 0 saturated heterocycles. The summed E-state index contributed by atoms with van der Waals surface area (Å²) in [5, 5.41) is 38.5. The zero-order valence-electron chi connectivity index (χ0n) is 10.0. The quantitative estimate of drug-likeness (QED) is 0.382. The average molecular weight is 249 g/mol. The number of carboxylic acid groups (broad SMARTS) is 1. The first-order valence-corrected chi connectivity index (χ1v) is 5.18. The van der Waals surface area contributed by atoms with Crippen molar-refractivity contribution in [1.29, 1.82) is 0 Å². The van der Waals surface area contributed by atoms with E-state index in [1.807, 2.05) is 5.32 Å². The van der Waals surface area contributed by atoms with Crippen molar-refractivity contribution in [2.75, 3.05) is 6.61 Å². The molecular formula is C10H19NO6. The van der Waals surface area contributed by atoms with E-state index >= 15 is 0 Å². The summed E-state index contributed by atoms with van der Waals surface area (Å²) in [6.45, 7) is 3.17. The summed E-state index contributed by atoms with van der Waals surface area (Å²) in [7, 11) is 0. The molecule has 0 aromatic rings. The van der Waals surface area contributed by atoms with Crippen LogP contribution >= 0.6 is 0 Å². The standard InChI is InChI=1S/C10H19NO6/c1-5(6(2)13)7(14)8(15)11-10(3,4-12)9(16)17/h5-7,12-14H,4H2,1-3H3,(H,11,15)(H,16,17)/t5?,6?,7?,10-/m0/s1. The molecule has 7 heteroatoms. The zero-order chi connectivity index (χ0) is 13.8. The van der Waals surface area contributed by atoms with Crippen molar-refractivity contribution < 1.29 is 30.0 Å². The molecule has 0 spiro atoms. The van der Waals surface area contributed by atoms with Gasteiger partial charge in [0.15, 0.2) is 5.54 Å². The minimum atomic E-state index is -1.85. The molecule has 0 saturated carbocycles. The van der Waals surface area contributed by atoms with Gasteiger partial charge in [-0.05, 0) is 13.8 Å². The number of carboxylic acids is 1. The molecule has 17 heavy (non-hydrogen) atoms. The SMILES string of the molecule is CC(O)C(C)C(O)C(=O)N[C@@](C)(CO)C(=O)O. The van der Waals surface area contributed by atoms with Crippen LogP contribution in [0.2, 0.25) is 0 Å². The van der Waals surface area contributed by atoms with Crippen molar-refractivity contribution in [3.05, 3.63) is 0 Å². The van der Waals surface area contributed by atoms with Gasteiger partial charge in [-0.3, -0.25) is 4.79 Å². The van der Waals surface area contributed by atoms with Gasteiger partial charge in [-0.2, -0.15) is 0 Å². The highest BCUT2D eigenvalue weighted by molar-refractivity contribution is 5.89. The molecule has 0 heterocycles. The summed E-state index contributed by atoms with van der Waals surface area (Å²) in [6.07, 6.45) is -2.46. The molecule has 5 N–H and O–H groups in total. The van der Waals surface area contributed by atoms with E-state index in [-0.39, 0.29) is 0 Å². The zero-order valence-corrected chi connectivity index (χ0v) is 10.0. The van der Waals surface area contributed by atoms with Gasteiger partial charge in [0.25, 0.3) is 0 Å². The van der Waals surface area contributed by atoms with Crippen LogP contribution in [0, 0.1) is 5.92 Å². The lowest BCUT2D eigenvalue weighted by atomic mass is 9.96. The Labute approximate surface area is 99.1 Å². The van der Waals surface area contributed by atoms with Gasteiger partial charge in [0.2, 0.25) is 5.91 Å². The largest absolute Gasteiger partial charge is 0.479 e. The number of carbonyl (C=O) groups excluding carboxylic acids is 1. The van der Waals surface area contributed by atoms with Crippen molar-refractivity contribution in [3.63, 3.8) is 0 Å². The number of nitrogens with one attached hydrogen (secondary N) is 1. The summed E-state index contributed by atoms with van der Waals surface area (Å²) < 4.78 is 0. The van der Waals surface area contributed by atoms with E-state index in [4.69, 9.17) is 10.2 Å². The molecule has 4 atom stereocenters. The number of aliphatic carboxylic acids is 1. The van der Waals surface area contributed by atoms with E-state index in [0.29, 0.717) is 0 Å². The highest BCUT2D eigenvalue weighted by atomic mass is 16.4. The Morgan fingerprint density at radius 1 is 1.29 bits per heavy atom. The molecule has 1 amide bonds. The van der Waals surface area contributed by atoms with Crippen molar-refractivity contribution in [1.82, 2.24) is 5.32 Å². The Morgan fingerprint density at radius 2 is 1.76 bits per heavy atom. The summed E-state index contributed by atoms with van der Waals surface area (Å²) in [4.78, 5) is 22.3. The maximum Gasteiger partial charge on any atom is 0.331 e. The van der Waals surface area contributed by atoms with E-state index in [2.05, 4.69) is 0 Å². The summed E-state index contributed by atoms with van der Waals surface area (Å²) in [5.41, 5.74) is -1.85. The van der Waals surface area contributed by atoms with Gasteiger partial charge in [-0.1, -0.05) is 6.92 Å². The predicted octanol–water partition coefficient (Wildman–Crippen LogP) is -1.68. The van der Waals surface area contributed by atoms with Gasteiger partial charge in [0.1, 0.15) is 6.10 Å². The maximum absolute atomic E-state index is 11.5. The maximum atomic E-state index is 11.5. The number of carbonyl (C=O) groups is 2. The highest BCUT2D eigenvalue weighted by Crippen LogP contribution is 2.11. The van der Waals surface area contributed by atoms with Crippen molar-refractivity contribution in [3.8, 4) is 0 Å². The average Bonchev–Trinajstić information content (AvgIpc) is 2.26. The fraction of sp³-hybridized carbons (Fsp3) is 0.800. The Balaban J connectivity index is 4.69. The van der Waals surface area contributed by atoms with Crippen molar-refractivity contribution >= 4 is 11.9 Å². The molecular weight excluding hydrogens is 230 g/mol. The molecule has 0 aromatic heterocycles. The van der Waals surface area contributed by atoms with E-state index in [9.17, 15) is 19.8 Å². The van der Waals surface area contributed by atoms with Crippen LogP contribution in [0.1, 0.15) is 20.8 Å². The summed E-state index contributed by atoms with van der Waals surface area (Å²) in [6, 6.07) is 0. The van der Waals surface area contributed by atoms with Crippen molar-refractivity contribution in [2.24, 2.45) is 5.92 Å². The lowest BCUT2D eigenvalue weighted by Gasteiger charge is -2.27. The van der Waals surface area contributed by atoms with Gasteiger partial charge in [0, 0.05) is 5.92 Å². The van der Waals surface area contributed by atoms with E-state index < -0.39 is 42.1 Å². The molecule has 100 valence electrons. The number of hydrogen-bond acceptors (Lipinski definition) is 5. The van der Waals surface area contributed by atoms with Gasteiger partial charge in [-0.25, -0.2) is 4.79 Å². The summed E-state index contributed by atoms with van der Waals surface area (Å²) in [5.74, 6) is -3.10. The fourth-order valence-electron chi connectivity index (χ4n) is 1.01. The molecule has 0 fully saturated rings. The second kappa shape index (κ2) is 5.95. The molecule has 0 aromatic carbocycles. The Morgan fingerprint density at radius 3 is 2.06 bits per heavy atom. The van der Waals surface area contributed by atoms with E-state index in [1.54, 1.807) is 0 Å². The predicted molar refractivity (Wildman–Crippen MR) is 58.1 cm³/mol. The first-order valence-electron chi connectivity index (χ1n) is 5.18. The topological polar surface area (TPSA) is 127 Å². The molecule has 0 bridgehead atoms.